The highest BCUT2D eigenvalue weighted by molar-refractivity contribution is 9.10. The summed E-state index contributed by atoms with van der Waals surface area (Å²) in [4.78, 5) is 30.0. The van der Waals surface area contributed by atoms with Crippen molar-refractivity contribution in [1.29, 1.82) is 0 Å². The summed E-state index contributed by atoms with van der Waals surface area (Å²) < 4.78 is 7.10. The molecule has 0 aliphatic carbocycles. The van der Waals surface area contributed by atoms with E-state index in [1.54, 1.807) is 29.2 Å². The standard InChI is InChI=1S/C24H24Br2N2O4/c25-18-7-5-16(6-8-18)22(29)20-21(17-3-1-4-19(26)15-17)28(24(31)23(20)30)10-2-9-27-11-13-32-14-12-27/h1,3-8,15,21,29H,2,9-14H2/b22-20+/t21-/m1/s1. The molecule has 2 aliphatic heterocycles. The van der Waals surface area contributed by atoms with Crippen LogP contribution in [0.3, 0.4) is 0 Å². The minimum Gasteiger partial charge on any atom is -0.507 e. The van der Waals surface area contributed by atoms with Gasteiger partial charge in [-0.2, -0.15) is 0 Å². The second kappa shape index (κ2) is 10.3. The molecule has 4 rings (SSSR count). The van der Waals surface area contributed by atoms with Crippen molar-refractivity contribution >= 4 is 49.3 Å². The molecule has 168 valence electrons. The summed E-state index contributed by atoms with van der Waals surface area (Å²) in [5.41, 5.74) is 1.41. The number of hydrogen-bond acceptors (Lipinski definition) is 5. The first-order valence-corrected chi connectivity index (χ1v) is 12.1. The number of aliphatic hydroxyl groups excluding tert-OH is 1. The maximum Gasteiger partial charge on any atom is 0.295 e. The number of hydrogen-bond donors (Lipinski definition) is 1. The maximum absolute atomic E-state index is 13.1. The number of Topliss-reactive ketones (excluding diaryl/α,β-unsaturated/α-hetero) is 1. The van der Waals surface area contributed by atoms with Crippen LogP contribution in [-0.2, 0) is 14.3 Å². The number of morpholine rings is 1. The van der Waals surface area contributed by atoms with Crippen LogP contribution in [-0.4, -0.2) is 66.0 Å². The second-order valence-electron chi connectivity index (χ2n) is 7.86. The molecule has 2 heterocycles. The third-order valence-corrected chi connectivity index (χ3v) is 6.82. The van der Waals surface area contributed by atoms with Gasteiger partial charge in [-0.15, -0.1) is 0 Å². The average molecular weight is 564 g/mol. The van der Waals surface area contributed by atoms with Crippen LogP contribution in [0, 0.1) is 0 Å². The van der Waals surface area contributed by atoms with E-state index in [2.05, 4.69) is 36.8 Å². The van der Waals surface area contributed by atoms with E-state index < -0.39 is 17.7 Å². The van der Waals surface area contributed by atoms with E-state index in [9.17, 15) is 14.7 Å². The molecule has 2 saturated heterocycles. The molecule has 0 bridgehead atoms. The summed E-state index contributed by atoms with van der Waals surface area (Å²) in [5, 5.41) is 11.1. The number of rotatable bonds is 6. The molecular formula is C24H24Br2N2O4. The number of likely N-dealkylation sites (tertiary alicyclic amines) is 1. The first kappa shape index (κ1) is 23.2. The zero-order valence-electron chi connectivity index (χ0n) is 17.5. The first-order chi connectivity index (χ1) is 15.5. The van der Waals surface area contributed by atoms with E-state index >= 15 is 0 Å². The highest BCUT2D eigenvalue weighted by atomic mass is 79.9. The third-order valence-electron chi connectivity index (χ3n) is 5.80. The van der Waals surface area contributed by atoms with E-state index in [0.717, 1.165) is 53.8 Å². The Balaban J connectivity index is 1.67. The van der Waals surface area contributed by atoms with Gasteiger partial charge in [0.15, 0.2) is 0 Å². The molecule has 2 aromatic rings. The van der Waals surface area contributed by atoms with Crippen LogP contribution in [0.15, 0.2) is 63.0 Å². The van der Waals surface area contributed by atoms with Crippen LogP contribution in [0.2, 0.25) is 0 Å². The third kappa shape index (κ3) is 4.98. The lowest BCUT2D eigenvalue weighted by Crippen LogP contribution is -2.38. The Kier molecular flexibility index (Phi) is 7.45. The molecule has 0 aromatic heterocycles. The van der Waals surface area contributed by atoms with Crippen LogP contribution in [0.1, 0.15) is 23.6 Å². The molecule has 6 nitrogen and oxygen atoms in total. The molecule has 2 aromatic carbocycles. The molecule has 2 aliphatic rings. The SMILES string of the molecule is O=C1C(=O)N(CCCN2CCOCC2)[C@H](c2cccc(Br)c2)/C1=C(\O)c1ccc(Br)cc1. The molecule has 8 heteroatoms. The van der Waals surface area contributed by atoms with Gasteiger partial charge in [0.1, 0.15) is 5.76 Å². The van der Waals surface area contributed by atoms with Crippen molar-refractivity contribution in [3.05, 3.63) is 74.2 Å². The molecule has 0 spiro atoms. The Labute approximate surface area is 204 Å². The molecule has 2 fully saturated rings. The van der Waals surface area contributed by atoms with Gasteiger partial charge in [0.2, 0.25) is 0 Å². The number of aliphatic hydroxyl groups is 1. The fourth-order valence-electron chi connectivity index (χ4n) is 4.19. The topological polar surface area (TPSA) is 70.1 Å². The number of ether oxygens (including phenoxy) is 1. The fraction of sp³-hybridized carbons (Fsp3) is 0.333. The van der Waals surface area contributed by atoms with Crippen molar-refractivity contribution < 1.29 is 19.4 Å². The van der Waals surface area contributed by atoms with Gasteiger partial charge >= 0.3 is 0 Å². The highest BCUT2D eigenvalue weighted by Gasteiger charge is 2.45. The van der Waals surface area contributed by atoms with Gasteiger partial charge in [0, 0.05) is 40.7 Å². The fourth-order valence-corrected chi connectivity index (χ4v) is 4.87. The molecule has 1 N–H and O–H groups in total. The Morgan fingerprint density at radius 1 is 1.00 bits per heavy atom. The molecular weight excluding hydrogens is 540 g/mol. The molecule has 1 atom stereocenters. The summed E-state index contributed by atoms with van der Waals surface area (Å²) in [6.45, 7) is 4.43. The van der Waals surface area contributed by atoms with Gasteiger partial charge in [-0.3, -0.25) is 14.5 Å². The number of carbonyl (C=O) groups is 2. The zero-order chi connectivity index (χ0) is 22.7. The van der Waals surface area contributed by atoms with Crippen LogP contribution in [0.25, 0.3) is 5.76 Å². The van der Waals surface area contributed by atoms with Gasteiger partial charge in [0.25, 0.3) is 11.7 Å². The van der Waals surface area contributed by atoms with Crippen molar-refractivity contribution in [3.8, 4) is 0 Å². The minimum atomic E-state index is -0.651. The van der Waals surface area contributed by atoms with Gasteiger partial charge in [-0.1, -0.05) is 56.1 Å². The zero-order valence-corrected chi connectivity index (χ0v) is 20.6. The monoisotopic (exact) mass is 562 g/mol. The van der Waals surface area contributed by atoms with Crippen molar-refractivity contribution in [3.63, 3.8) is 0 Å². The van der Waals surface area contributed by atoms with Crippen molar-refractivity contribution in [2.45, 2.75) is 12.5 Å². The van der Waals surface area contributed by atoms with Crippen LogP contribution >= 0.6 is 31.9 Å². The number of nitrogens with zero attached hydrogens (tertiary/aromatic N) is 2. The Morgan fingerprint density at radius 3 is 2.41 bits per heavy atom. The van der Waals surface area contributed by atoms with E-state index in [-0.39, 0.29) is 11.3 Å². The lowest BCUT2D eigenvalue weighted by Gasteiger charge is -2.29. The lowest BCUT2D eigenvalue weighted by atomic mass is 9.95. The van der Waals surface area contributed by atoms with E-state index in [1.165, 1.54) is 0 Å². The number of amides is 1. The molecule has 0 saturated carbocycles. The van der Waals surface area contributed by atoms with E-state index in [4.69, 9.17) is 4.74 Å². The van der Waals surface area contributed by atoms with Gasteiger partial charge in [-0.05, 0) is 36.2 Å². The summed E-state index contributed by atoms with van der Waals surface area (Å²) in [5.74, 6) is -1.38. The number of carbonyl (C=O) groups excluding carboxylic acids is 2. The lowest BCUT2D eigenvalue weighted by molar-refractivity contribution is -0.140. The van der Waals surface area contributed by atoms with Crippen molar-refractivity contribution in [2.75, 3.05) is 39.4 Å². The van der Waals surface area contributed by atoms with Crippen molar-refractivity contribution in [2.24, 2.45) is 0 Å². The molecule has 0 unspecified atom stereocenters. The average Bonchev–Trinajstić information content (AvgIpc) is 3.05. The van der Waals surface area contributed by atoms with Gasteiger partial charge in [-0.25, -0.2) is 0 Å². The number of benzene rings is 2. The van der Waals surface area contributed by atoms with Gasteiger partial charge in [0.05, 0.1) is 24.8 Å². The van der Waals surface area contributed by atoms with Crippen LogP contribution in [0.5, 0.6) is 0 Å². The summed E-state index contributed by atoms with van der Waals surface area (Å²) >= 11 is 6.87. The normalized spacial score (nSPS) is 21.3. The molecule has 0 radical (unpaired) electrons. The Hall–Kier alpha value is -2.00. The molecule has 32 heavy (non-hydrogen) atoms. The minimum absolute atomic E-state index is 0.127. The predicted octanol–water partition coefficient (Wildman–Crippen LogP) is 4.36. The maximum atomic E-state index is 13.1. The molecule has 1 amide bonds. The van der Waals surface area contributed by atoms with E-state index in [1.807, 2.05) is 24.3 Å². The Bertz CT molecular complexity index is 1030. The summed E-state index contributed by atoms with van der Waals surface area (Å²) in [6, 6.07) is 13.9. The second-order valence-corrected chi connectivity index (χ2v) is 9.69. The summed E-state index contributed by atoms with van der Waals surface area (Å²) in [6.07, 6.45) is 0.732. The predicted molar refractivity (Wildman–Crippen MR) is 129 cm³/mol. The number of ketones is 1. The van der Waals surface area contributed by atoms with E-state index in [0.29, 0.717) is 12.1 Å². The quantitative estimate of drug-likeness (QED) is 0.321. The highest BCUT2D eigenvalue weighted by Crippen LogP contribution is 2.40. The van der Waals surface area contributed by atoms with Crippen LogP contribution in [0.4, 0.5) is 0 Å². The first-order valence-electron chi connectivity index (χ1n) is 10.6. The van der Waals surface area contributed by atoms with Gasteiger partial charge < -0.3 is 14.7 Å². The van der Waals surface area contributed by atoms with Crippen molar-refractivity contribution in [1.82, 2.24) is 9.80 Å². The van der Waals surface area contributed by atoms with Crippen LogP contribution < -0.4 is 0 Å². The smallest absolute Gasteiger partial charge is 0.295 e. The number of halogens is 2. The largest absolute Gasteiger partial charge is 0.507 e. The Morgan fingerprint density at radius 2 is 1.72 bits per heavy atom. The summed E-state index contributed by atoms with van der Waals surface area (Å²) in [7, 11) is 0.